The van der Waals surface area contributed by atoms with E-state index < -0.39 is 26.9 Å². The highest BCUT2D eigenvalue weighted by Crippen LogP contribution is 2.45. The van der Waals surface area contributed by atoms with Gasteiger partial charge in [-0.25, -0.2) is 13.9 Å². The number of benzene rings is 1. The van der Waals surface area contributed by atoms with Crippen molar-refractivity contribution in [3.05, 3.63) is 57.9 Å². The van der Waals surface area contributed by atoms with E-state index in [1.165, 1.54) is 22.3 Å². The minimum atomic E-state index is -3.85. The molecule has 3 rings (SSSR count). The molecule has 1 saturated heterocycles. The topological polar surface area (TPSA) is 104 Å². The first-order chi connectivity index (χ1) is 15.1. The largest absolute Gasteiger partial charge is 0.338 e. The van der Waals surface area contributed by atoms with Crippen LogP contribution in [0.15, 0.2) is 48.0 Å². The number of sulfone groups is 1. The first-order valence-electron chi connectivity index (χ1n) is 10.0. The van der Waals surface area contributed by atoms with Crippen molar-refractivity contribution in [3.8, 4) is 10.4 Å². The lowest BCUT2D eigenvalue weighted by Gasteiger charge is -2.30. The highest BCUT2D eigenvalue weighted by atomic mass is 35.5. The SMILES string of the molecule is CC(C)=CC(=O)N1CC[C@](CC(=O)NO)(c2ccc(-c3ccc(Cl)cc3)s2)S(=O)(=O)CC1. The number of rotatable bonds is 5. The number of carbonyl (C=O) groups excluding carboxylic acids is 2. The predicted octanol–water partition coefficient (Wildman–Crippen LogP) is 3.77. The maximum atomic E-state index is 13.5. The van der Waals surface area contributed by atoms with Crippen LogP contribution in [0.4, 0.5) is 0 Å². The van der Waals surface area contributed by atoms with Gasteiger partial charge in [0.25, 0.3) is 0 Å². The fraction of sp³-hybridized carbons (Fsp3) is 0.364. The summed E-state index contributed by atoms with van der Waals surface area (Å²) in [7, 11) is -3.85. The minimum Gasteiger partial charge on any atom is -0.338 e. The van der Waals surface area contributed by atoms with E-state index in [1.54, 1.807) is 37.5 Å². The van der Waals surface area contributed by atoms with Gasteiger partial charge in [-0.15, -0.1) is 11.3 Å². The lowest BCUT2D eigenvalue weighted by atomic mass is 9.97. The van der Waals surface area contributed by atoms with E-state index in [1.807, 2.05) is 18.2 Å². The van der Waals surface area contributed by atoms with Gasteiger partial charge in [0.15, 0.2) is 9.84 Å². The van der Waals surface area contributed by atoms with Crippen molar-refractivity contribution < 1.29 is 23.2 Å². The van der Waals surface area contributed by atoms with E-state index in [0.717, 1.165) is 16.0 Å². The van der Waals surface area contributed by atoms with Gasteiger partial charge in [0.05, 0.1) is 12.2 Å². The molecule has 0 bridgehead atoms. The van der Waals surface area contributed by atoms with Crippen LogP contribution in [-0.4, -0.2) is 49.2 Å². The molecule has 0 unspecified atom stereocenters. The molecular weight excluding hydrogens is 472 g/mol. The van der Waals surface area contributed by atoms with Crippen LogP contribution in [0, 0.1) is 0 Å². The Balaban J connectivity index is 2.05. The van der Waals surface area contributed by atoms with Crippen molar-refractivity contribution in [2.75, 3.05) is 18.8 Å². The molecule has 0 aliphatic carbocycles. The third-order valence-electron chi connectivity index (χ3n) is 5.49. The second kappa shape index (κ2) is 9.74. The maximum Gasteiger partial charge on any atom is 0.246 e. The highest BCUT2D eigenvalue weighted by Gasteiger charge is 2.49. The first-order valence-corrected chi connectivity index (χ1v) is 12.9. The van der Waals surface area contributed by atoms with Gasteiger partial charge < -0.3 is 4.90 Å². The lowest BCUT2D eigenvalue weighted by Crippen LogP contribution is -2.41. The van der Waals surface area contributed by atoms with E-state index in [4.69, 9.17) is 16.8 Å². The second-order valence-corrected chi connectivity index (χ2v) is 11.9. The summed E-state index contributed by atoms with van der Waals surface area (Å²) < 4.78 is 25.5. The highest BCUT2D eigenvalue weighted by molar-refractivity contribution is 7.92. The Bertz CT molecular complexity index is 1140. The fourth-order valence-electron chi connectivity index (χ4n) is 3.78. The molecule has 0 radical (unpaired) electrons. The summed E-state index contributed by atoms with van der Waals surface area (Å²) in [5, 5.41) is 9.73. The minimum absolute atomic E-state index is 0.0445. The van der Waals surface area contributed by atoms with Gasteiger partial charge in [-0.2, -0.15) is 0 Å². The normalized spacial score (nSPS) is 20.3. The van der Waals surface area contributed by atoms with Crippen molar-refractivity contribution in [2.24, 2.45) is 0 Å². The van der Waals surface area contributed by atoms with E-state index >= 15 is 0 Å². The third-order valence-corrected chi connectivity index (χ3v) is 9.69. The standard InChI is InChI=1S/C22H25ClN2O5S2/c1-15(2)13-21(27)25-10-9-22(14-20(26)24-28,32(29,30)12-11-25)19-8-7-18(31-19)16-3-5-17(23)6-4-16/h3-8,13,28H,9-12,14H2,1-2H3,(H,24,26)/t22-/m0/s1. The summed E-state index contributed by atoms with van der Waals surface area (Å²) in [6.45, 7) is 3.82. The molecule has 1 atom stereocenters. The molecule has 172 valence electrons. The van der Waals surface area contributed by atoms with E-state index in [0.29, 0.717) is 9.90 Å². The van der Waals surface area contributed by atoms with Crippen LogP contribution < -0.4 is 5.48 Å². The van der Waals surface area contributed by atoms with Crippen LogP contribution >= 0.6 is 22.9 Å². The zero-order valence-corrected chi connectivity index (χ0v) is 20.2. The fourth-order valence-corrected chi connectivity index (χ4v) is 7.51. The van der Waals surface area contributed by atoms with Crippen molar-refractivity contribution in [1.82, 2.24) is 10.4 Å². The summed E-state index contributed by atoms with van der Waals surface area (Å²) in [5.41, 5.74) is 3.26. The molecule has 7 nitrogen and oxygen atoms in total. The number of thiophene rings is 1. The quantitative estimate of drug-likeness (QED) is 0.372. The first kappa shape index (κ1) is 24.4. The summed E-state index contributed by atoms with van der Waals surface area (Å²) in [4.78, 5) is 27.6. The number of carbonyl (C=O) groups is 2. The average Bonchev–Trinajstić information content (AvgIpc) is 3.18. The molecule has 2 amide bonds. The monoisotopic (exact) mass is 496 g/mol. The number of allylic oxidation sites excluding steroid dienone is 1. The van der Waals surface area contributed by atoms with Gasteiger partial charge >= 0.3 is 0 Å². The molecule has 10 heteroatoms. The summed E-state index contributed by atoms with van der Waals surface area (Å²) in [6.07, 6.45) is 1.09. The van der Waals surface area contributed by atoms with Crippen LogP contribution in [0.1, 0.15) is 31.6 Å². The molecule has 1 aliphatic rings. The molecule has 2 aromatic rings. The van der Waals surface area contributed by atoms with Crippen molar-refractivity contribution in [1.29, 1.82) is 0 Å². The van der Waals surface area contributed by atoms with Crippen LogP contribution in [0.2, 0.25) is 5.02 Å². The lowest BCUT2D eigenvalue weighted by molar-refractivity contribution is -0.129. The van der Waals surface area contributed by atoms with E-state index in [-0.39, 0.29) is 31.2 Å². The molecule has 2 N–H and O–H groups in total. The van der Waals surface area contributed by atoms with Crippen LogP contribution in [0.3, 0.4) is 0 Å². The van der Waals surface area contributed by atoms with Crippen molar-refractivity contribution in [3.63, 3.8) is 0 Å². The van der Waals surface area contributed by atoms with Crippen LogP contribution in [0.5, 0.6) is 0 Å². The molecule has 32 heavy (non-hydrogen) atoms. The van der Waals surface area contributed by atoms with Gasteiger partial charge in [-0.1, -0.05) is 29.3 Å². The van der Waals surface area contributed by atoms with Crippen molar-refractivity contribution >= 4 is 44.6 Å². The van der Waals surface area contributed by atoms with Gasteiger partial charge in [-0.3, -0.25) is 14.8 Å². The number of hydrogen-bond acceptors (Lipinski definition) is 6. The Morgan fingerprint density at radius 3 is 2.50 bits per heavy atom. The van der Waals surface area contributed by atoms with Gasteiger partial charge in [-0.05, 0) is 50.1 Å². The Hall–Kier alpha value is -2.20. The number of nitrogens with zero attached hydrogens (tertiary/aromatic N) is 1. The van der Waals surface area contributed by atoms with Gasteiger partial charge in [0.1, 0.15) is 4.75 Å². The number of halogens is 1. The Morgan fingerprint density at radius 2 is 1.88 bits per heavy atom. The number of amides is 2. The van der Waals surface area contributed by atoms with E-state index in [9.17, 15) is 18.0 Å². The molecule has 0 spiro atoms. The molecule has 1 aromatic heterocycles. The second-order valence-electron chi connectivity index (χ2n) is 7.99. The molecule has 1 fully saturated rings. The summed E-state index contributed by atoms with van der Waals surface area (Å²) in [5.74, 6) is -1.32. The molecule has 1 aromatic carbocycles. The van der Waals surface area contributed by atoms with Crippen molar-refractivity contribution in [2.45, 2.75) is 31.4 Å². The summed E-state index contributed by atoms with van der Waals surface area (Å²) in [6, 6.07) is 10.7. The Labute approximate surface area is 196 Å². The third kappa shape index (κ3) is 5.06. The smallest absolute Gasteiger partial charge is 0.246 e. The molecular formula is C22H25ClN2O5S2. The Morgan fingerprint density at radius 1 is 1.19 bits per heavy atom. The zero-order valence-electron chi connectivity index (χ0n) is 17.8. The van der Waals surface area contributed by atoms with Crippen LogP contribution in [0.25, 0.3) is 10.4 Å². The molecule has 0 saturated carbocycles. The Kier molecular flexibility index (Phi) is 7.44. The number of nitrogens with one attached hydrogen (secondary N) is 1. The number of hydroxylamine groups is 1. The van der Waals surface area contributed by atoms with Crippen LogP contribution in [-0.2, 0) is 24.2 Å². The molecule has 2 heterocycles. The maximum absolute atomic E-state index is 13.5. The van der Waals surface area contributed by atoms with Gasteiger partial charge in [0.2, 0.25) is 11.8 Å². The predicted molar refractivity (Wildman–Crippen MR) is 125 cm³/mol. The summed E-state index contributed by atoms with van der Waals surface area (Å²) >= 11 is 7.25. The van der Waals surface area contributed by atoms with E-state index in [2.05, 4.69) is 0 Å². The number of hydrogen-bond donors (Lipinski definition) is 2. The van der Waals surface area contributed by atoms with Gasteiger partial charge in [0, 0.05) is 33.9 Å². The molecule has 1 aliphatic heterocycles. The zero-order chi connectivity index (χ0) is 23.5. The average molecular weight is 497 g/mol.